The maximum atomic E-state index is 5.94. The minimum Gasteiger partial charge on any atom is -0.396 e. The van der Waals surface area contributed by atoms with E-state index in [2.05, 4.69) is 40.1 Å². The summed E-state index contributed by atoms with van der Waals surface area (Å²) in [5.41, 5.74) is 9.91. The average Bonchev–Trinajstić information content (AvgIpc) is 2.84. The first-order valence-electron chi connectivity index (χ1n) is 5.50. The molecular weight excluding hydrogens is 212 g/mol. The molecule has 0 radical (unpaired) electrons. The van der Waals surface area contributed by atoms with E-state index in [9.17, 15) is 0 Å². The zero-order chi connectivity index (χ0) is 12.0. The molecule has 2 N–H and O–H groups in total. The van der Waals surface area contributed by atoms with Gasteiger partial charge in [-0.1, -0.05) is 12.1 Å². The molecule has 0 saturated heterocycles. The van der Waals surface area contributed by atoms with E-state index in [0.717, 1.165) is 11.3 Å². The van der Waals surface area contributed by atoms with Gasteiger partial charge in [-0.15, -0.1) is 0 Å². The van der Waals surface area contributed by atoms with Crippen molar-refractivity contribution in [1.29, 1.82) is 0 Å². The third-order valence-electron chi connectivity index (χ3n) is 3.13. The fraction of sp³-hybridized carbons (Fsp3) is 0.154. The van der Waals surface area contributed by atoms with Gasteiger partial charge in [-0.2, -0.15) is 5.10 Å². The van der Waals surface area contributed by atoms with Gasteiger partial charge in [0.15, 0.2) is 0 Å². The Kier molecular flexibility index (Phi) is 1.98. The Morgan fingerprint density at radius 3 is 2.71 bits per heavy atom. The van der Waals surface area contributed by atoms with Crippen LogP contribution in [0.15, 0.2) is 36.7 Å². The van der Waals surface area contributed by atoms with Crippen LogP contribution in [0.2, 0.25) is 0 Å². The summed E-state index contributed by atoms with van der Waals surface area (Å²) in [5.74, 6) is 0. The molecule has 86 valence electrons. The monoisotopic (exact) mass is 226 g/mol. The number of hydrogen-bond donors (Lipinski definition) is 1. The van der Waals surface area contributed by atoms with Gasteiger partial charge in [-0.05, 0) is 17.5 Å². The van der Waals surface area contributed by atoms with E-state index in [1.54, 1.807) is 10.9 Å². The van der Waals surface area contributed by atoms with Gasteiger partial charge in [-0.25, -0.2) is 0 Å². The zero-order valence-corrected chi connectivity index (χ0v) is 9.88. The van der Waals surface area contributed by atoms with Crippen LogP contribution in [-0.2, 0) is 14.1 Å². The summed E-state index contributed by atoms with van der Waals surface area (Å²) in [6.07, 6.45) is 3.74. The van der Waals surface area contributed by atoms with Crippen LogP contribution in [0.5, 0.6) is 0 Å². The summed E-state index contributed by atoms with van der Waals surface area (Å²) in [4.78, 5) is 0. The molecule has 4 heteroatoms. The standard InChI is InChI=1S/C13H14N4/c1-16-6-5-9-3-4-10(7-12(9)16)13-11(14)8-15-17(13)2/h3-8H,14H2,1-2H3. The van der Waals surface area contributed by atoms with Crippen molar-refractivity contribution in [1.82, 2.24) is 14.3 Å². The van der Waals surface area contributed by atoms with Crippen molar-refractivity contribution in [3.63, 3.8) is 0 Å². The van der Waals surface area contributed by atoms with Gasteiger partial charge in [0.1, 0.15) is 0 Å². The molecule has 0 fully saturated rings. The van der Waals surface area contributed by atoms with E-state index in [-0.39, 0.29) is 0 Å². The predicted octanol–water partition coefficient (Wildman–Crippen LogP) is 2.16. The molecule has 2 heterocycles. The molecule has 0 aliphatic carbocycles. The molecule has 4 nitrogen and oxygen atoms in total. The highest BCUT2D eigenvalue weighted by molar-refractivity contribution is 5.86. The van der Waals surface area contributed by atoms with Crippen LogP contribution < -0.4 is 5.73 Å². The quantitative estimate of drug-likeness (QED) is 0.691. The molecule has 0 amide bonds. The van der Waals surface area contributed by atoms with Crippen LogP contribution in [0, 0.1) is 0 Å². The van der Waals surface area contributed by atoms with Crippen molar-refractivity contribution in [2.75, 3.05) is 5.73 Å². The maximum Gasteiger partial charge on any atom is 0.0909 e. The van der Waals surface area contributed by atoms with E-state index < -0.39 is 0 Å². The molecule has 1 aromatic carbocycles. The zero-order valence-electron chi connectivity index (χ0n) is 9.88. The van der Waals surface area contributed by atoms with Gasteiger partial charge in [-0.3, -0.25) is 4.68 Å². The molecule has 0 unspecified atom stereocenters. The minimum absolute atomic E-state index is 0.709. The van der Waals surface area contributed by atoms with Gasteiger partial charge in [0.05, 0.1) is 17.6 Å². The second-order valence-electron chi connectivity index (χ2n) is 4.27. The first-order valence-corrected chi connectivity index (χ1v) is 5.50. The lowest BCUT2D eigenvalue weighted by Crippen LogP contribution is -1.96. The van der Waals surface area contributed by atoms with E-state index in [4.69, 9.17) is 5.73 Å². The Labute approximate surface area is 99.3 Å². The Balaban J connectivity index is 2.27. The van der Waals surface area contributed by atoms with E-state index in [1.807, 2.05) is 14.1 Å². The average molecular weight is 226 g/mol. The number of rotatable bonds is 1. The van der Waals surface area contributed by atoms with Crippen LogP contribution >= 0.6 is 0 Å². The third-order valence-corrected chi connectivity index (χ3v) is 3.13. The molecule has 0 bridgehead atoms. The molecular formula is C13H14N4. The van der Waals surface area contributed by atoms with Crippen LogP contribution in [-0.4, -0.2) is 14.3 Å². The lowest BCUT2D eigenvalue weighted by Gasteiger charge is -2.05. The Morgan fingerprint density at radius 2 is 2.00 bits per heavy atom. The van der Waals surface area contributed by atoms with Crippen LogP contribution in [0.3, 0.4) is 0 Å². The Morgan fingerprint density at radius 1 is 1.18 bits per heavy atom. The first-order chi connectivity index (χ1) is 8.16. The first kappa shape index (κ1) is 9.96. The Bertz CT molecular complexity index is 671. The Hall–Kier alpha value is -2.23. The van der Waals surface area contributed by atoms with Gasteiger partial charge in [0.2, 0.25) is 0 Å². The van der Waals surface area contributed by atoms with Crippen molar-refractivity contribution >= 4 is 16.6 Å². The second kappa shape index (κ2) is 3.38. The van der Waals surface area contributed by atoms with E-state index in [1.165, 1.54) is 10.9 Å². The summed E-state index contributed by atoms with van der Waals surface area (Å²) in [5, 5.41) is 5.40. The van der Waals surface area contributed by atoms with Gasteiger partial charge < -0.3 is 10.3 Å². The number of nitrogens with zero attached hydrogens (tertiary/aromatic N) is 3. The van der Waals surface area contributed by atoms with Crippen molar-refractivity contribution in [2.45, 2.75) is 0 Å². The molecule has 3 aromatic rings. The van der Waals surface area contributed by atoms with Crippen LogP contribution in [0.4, 0.5) is 5.69 Å². The summed E-state index contributed by atoms with van der Waals surface area (Å²) in [7, 11) is 3.94. The molecule has 0 aliphatic heterocycles. The third kappa shape index (κ3) is 1.41. The number of hydrogen-bond acceptors (Lipinski definition) is 2. The smallest absolute Gasteiger partial charge is 0.0909 e. The molecule has 0 atom stereocenters. The number of nitrogens with two attached hydrogens (primary N) is 1. The summed E-state index contributed by atoms with van der Waals surface area (Å²) >= 11 is 0. The van der Waals surface area contributed by atoms with E-state index in [0.29, 0.717) is 5.69 Å². The molecule has 0 spiro atoms. The van der Waals surface area contributed by atoms with Crippen molar-refractivity contribution in [3.8, 4) is 11.3 Å². The normalized spacial score (nSPS) is 11.2. The topological polar surface area (TPSA) is 48.8 Å². The summed E-state index contributed by atoms with van der Waals surface area (Å²) in [6, 6.07) is 8.43. The number of aromatic nitrogens is 3. The van der Waals surface area contributed by atoms with Crippen molar-refractivity contribution in [2.24, 2.45) is 14.1 Å². The SMILES string of the molecule is Cn1ncc(N)c1-c1ccc2ccn(C)c2c1. The highest BCUT2D eigenvalue weighted by Gasteiger charge is 2.09. The number of aryl methyl sites for hydroxylation is 2. The van der Waals surface area contributed by atoms with Crippen molar-refractivity contribution in [3.05, 3.63) is 36.7 Å². The molecule has 0 saturated carbocycles. The lowest BCUT2D eigenvalue weighted by molar-refractivity contribution is 0.776. The number of anilines is 1. The maximum absolute atomic E-state index is 5.94. The summed E-state index contributed by atoms with van der Waals surface area (Å²) < 4.78 is 3.91. The second-order valence-corrected chi connectivity index (χ2v) is 4.27. The van der Waals surface area contributed by atoms with E-state index >= 15 is 0 Å². The molecule has 2 aromatic heterocycles. The number of fused-ring (bicyclic) bond motifs is 1. The lowest BCUT2D eigenvalue weighted by atomic mass is 10.1. The fourth-order valence-electron chi connectivity index (χ4n) is 2.22. The largest absolute Gasteiger partial charge is 0.396 e. The predicted molar refractivity (Wildman–Crippen MR) is 69.5 cm³/mol. The van der Waals surface area contributed by atoms with Crippen LogP contribution in [0.1, 0.15) is 0 Å². The number of nitrogen functional groups attached to an aromatic ring is 1. The summed E-state index contributed by atoms with van der Waals surface area (Å²) in [6.45, 7) is 0. The highest BCUT2D eigenvalue weighted by atomic mass is 15.3. The minimum atomic E-state index is 0.709. The van der Waals surface area contributed by atoms with Crippen LogP contribution in [0.25, 0.3) is 22.2 Å². The fourth-order valence-corrected chi connectivity index (χ4v) is 2.22. The van der Waals surface area contributed by atoms with Crippen molar-refractivity contribution < 1.29 is 0 Å². The molecule has 17 heavy (non-hydrogen) atoms. The van der Waals surface area contributed by atoms with Gasteiger partial charge in [0.25, 0.3) is 0 Å². The molecule has 3 rings (SSSR count). The number of benzene rings is 1. The highest BCUT2D eigenvalue weighted by Crippen LogP contribution is 2.28. The van der Waals surface area contributed by atoms with Gasteiger partial charge in [0, 0.05) is 31.4 Å². The molecule has 0 aliphatic rings. The van der Waals surface area contributed by atoms with Gasteiger partial charge >= 0.3 is 0 Å².